The number of nitrogens with zero attached hydrogens (tertiary/aromatic N) is 2. The first kappa shape index (κ1) is 37.3. The summed E-state index contributed by atoms with van der Waals surface area (Å²) in [6, 6.07) is 29.5. The zero-order valence-electron chi connectivity index (χ0n) is 27.8. The second-order valence-corrected chi connectivity index (χ2v) is 11.8. The molecule has 4 aromatic carbocycles. The van der Waals surface area contributed by atoms with Crippen molar-refractivity contribution in [2.24, 2.45) is 0 Å². The van der Waals surface area contributed by atoms with Gasteiger partial charge in [0.15, 0.2) is 0 Å². The van der Waals surface area contributed by atoms with Gasteiger partial charge in [0.05, 0.1) is 13.0 Å². The molecule has 262 valence electrons. The Morgan fingerprint density at radius 1 is 0.740 bits per heavy atom. The van der Waals surface area contributed by atoms with Crippen LogP contribution in [0.1, 0.15) is 27.0 Å². The lowest BCUT2D eigenvalue weighted by Gasteiger charge is -2.24. The molecule has 0 aliphatic carbocycles. The third-order valence-corrected chi connectivity index (χ3v) is 7.66. The Kier molecular flexibility index (Phi) is 13.3. The molecule has 12 heteroatoms. The number of benzene rings is 4. The van der Waals surface area contributed by atoms with Gasteiger partial charge in [-0.05, 0) is 72.6 Å². The minimum Gasteiger partial charge on any atom is -0.420 e. The fourth-order valence-electron chi connectivity index (χ4n) is 5.05. The van der Waals surface area contributed by atoms with Crippen molar-refractivity contribution in [3.05, 3.63) is 125 Å². The van der Waals surface area contributed by atoms with E-state index in [1.54, 1.807) is 17.0 Å². The smallest absolute Gasteiger partial charge is 0.420 e. The van der Waals surface area contributed by atoms with Gasteiger partial charge in [0.25, 0.3) is 5.91 Å². The van der Waals surface area contributed by atoms with E-state index in [0.29, 0.717) is 30.6 Å². The van der Waals surface area contributed by atoms with Gasteiger partial charge in [0.1, 0.15) is 5.75 Å². The van der Waals surface area contributed by atoms with E-state index in [4.69, 9.17) is 0 Å². The van der Waals surface area contributed by atoms with E-state index in [2.05, 4.69) is 15.4 Å². The summed E-state index contributed by atoms with van der Waals surface area (Å²) in [6.07, 6.45) is -4.68. The molecule has 0 aliphatic heterocycles. The molecule has 0 atom stereocenters. The lowest BCUT2D eigenvalue weighted by molar-refractivity contribution is -0.189. The highest BCUT2D eigenvalue weighted by atomic mass is 19.4. The summed E-state index contributed by atoms with van der Waals surface area (Å²) >= 11 is 0. The van der Waals surface area contributed by atoms with Gasteiger partial charge in [0, 0.05) is 31.7 Å². The van der Waals surface area contributed by atoms with E-state index >= 15 is 0 Å². The number of alkyl halides is 3. The number of halogens is 3. The van der Waals surface area contributed by atoms with E-state index in [1.807, 2.05) is 85.7 Å². The lowest BCUT2D eigenvalue weighted by Crippen LogP contribution is -2.41. The minimum absolute atomic E-state index is 0.115. The van der Waals surface area contributed by atoms with E-state index in [-0.39, 0.29) is 49.5 Å². The molecule has 9 nitrogen and oxygen atoms in total. The van der Waals surface area contributed by atoms with Crippen LogP contribution in [0.4, 0.5) is 13.2 Å². The van der Waals surface area contributed by atoms with Gasteiger partial charge in [-0.1, -0.05) is 78.9 Å². The predicted molar refractivity (Wildman–Crippen MR) is 183 cm³/mol. The molecule has 0 saturated heterocycles. The molecule has 2 N–H and O–H groups in total. The maximum Gasteiger partial charge on any atom is 0.491 e. The van der Waals surface area contributed by atoms with Gasteiger partial charge < -0.3 is 25.2 Å². The lowest BCUT2D eigenvalue weighted by atomic mass is 9.97. The quantitative estimate of drug-likeness (QED) is 0.134. The van der Waals surface area contributed by atoms with Crippen LogP contribution in [0, 0.1) is 0 Å². The zero-order chi connectivity index (χ0) is 36.1. The first-order valence-corrected chi connectivity index (χ1v) is 16.0. The molecular formula is C38H39F3N4O5. The van der Waals surface area contributed by atoms with Crippen molar-refractivity contribution in [2.45, 2.75) is 25.6 Å². The van der Waals surface area contributed by atoms with E-state index < -0.39 is 12.1 Å². The summed E-state index contributed by atoms with van der Waals surface area (Å²) in [7, 11) is 3.85. The van der Waals surface area contributed by atoms with Crippen LogP contribution in [0.2, 0.25) is 0 Å². The molecule has 50 heavy (non-hydrogen) atoms. The molecule has 0 spiro atoms. The summed E-state index contributed by atoms with van der Waals surface area (Å²) < 4.78 is 42.1. The van der Waals surface area contributed by atoms with Crippen molar-refractivity contribution < 1.29 is 37.1 Å². The summed E-state index contributed by atoms with van der Waals surface area (Å²) in [5.74, 6) is -3.42. The third kappa shape index (κ3) is 11.6. The van der Waals surface area contributed by atoms with Crippen LogP contribution in [0.25, 0.3) is 11.1 Å². The largest absolute Gasteiger partial charge is 0.491 e. The van der Waals surface area contributed by atoms with E-state index in [0.717, 1.165) is 22.3 Å². The number of rotatable bonds is 15. The van der Waals surface area contributed by atoms with Crippen LogP contribution in [-0.2, 0) is 33.8 Å². The molecule has 0 aromatic heterocycles. The number of hydrogen-bond acceptors (Lipinski definition) is 6. The molecule has 0 unspecified atom stereocenters. The molecule has 4 aromatic rings. The SMILES string of the molecule is CN(C)CCNC(=O)c1ccccc1-c1cccc(CN(CCc2ccc(OC(=O)C(F)(F)F)cc2)C(=O)CNC(=O)Cc2ccccc2)c1. The van der Waals surface area contributed by atoms with Gasteiger partial charge >= 0.3 is 12.1 Å². The molecule has 0 fully saturated rings. The maximum atomic E-state index is 13.5. The number of nitrogens with one attached hydrogen (secondary N) is 2. The Balaban J connectivity index is 1.49. The number of carbonyl (C=O) groups excluding carboxylic acids is 4. The van der Waals surface area contributed by atoms with Crippen LogP contribution in [0.3, 0.4) is 0 Å². The van der Waals surface area contributed by atoms with Gasteiger partial charge in [-0.15, -0.1) is 0 Å². The van der Waals surface area contributed by atoms with Crippen molar-refractivity contribution in [1.29, 1.82) is 0 Å². The average Bonchev–Trinajstić information content (AvgIpc) is 3.09. The van der Waals surface area contributed by atoms with Crippen LogP contribution < -0.4 is 15.4 Å². The number of ether oxygens (including phenoxy) is 1. The molecule has 0 bridgehead atoms. The Hall–Kier alpha value is -5.49. The first-order valence-electron chi connectivity index (χ1n) is 16.0. The van der Waals surface area contributed by atoms with Gasteiger partial charge in [-0.3, -0.25) is 14.4 Å². The molecule has 0 aliphatic rings. The van der Waals surface area contributed by atoms with Gasteiger partial charge in [-0.25, -0.2) is 4.79 Å². The van der Waals surface area contributed by atoms with Crippen molar-refractivity contribution in [2.75, 3.05) is 40.3 Å². The van der Waals surface area contributed by atoms with Crippen molar-refractivity contribution in [3.8, 4) is 16.9 Å². The van der Waals surface area contributed by atoms with Crippen LogP contribution >= 0.6 is 0 Å². The highest BCUT2D eigenvalue weighted by Crippen LogP contribution is 2.26. The molecule has 3 amide bonds. The Bertz CT molecular complexity index is 1760. The number of carbonyl (C=O) groups is 4. The van der Waals surface area contributed by atoms with E-state index in [1.165, 1.54) is 24.3 Å². The Morgan fingerprint density at radius 2 is 1.42 bits per heavy atom. The maximum absolute atomic E-state index is 13.5. The van der Waals surface area contributed by atoms with Crippen molar-refractivity contribution in [1.82, 2.24) is 20.4 Å². The molecule has 0 radical (unpaired) electrons. The first-order chi connectivity index (χ1) is 23.9. The molecule has 0 saturated carbocycles. The topological polar surface area (TPSA) is 108 Å². The van der Waals surface area contributed by atoms with Crippen molar-refractivity contribution >= 4 is 23.7 Å². The van der Waals surface area contributed by atoms with Crippen LogP contribution in [0.5, 0.6) is 5.75 Å². The molecule has 4 rings (SSSR count). The second-order valence-electron chi connectivity index (χ2n) is 11.8. The van der Waals surface area contributed by atoms with Crippen LogP contribution in [-0.4, -0.2) is 79.9 Å². The summed E-state index contributed by atoms with van der Waals surface area (Å²) in [5.41, 5.74) is 4.31. The zero-order valence-corrected chi connectivity index (χ0v) is 27.8. The second kappa shape index (κ2) is 17.8. The third-order valence-electron chi connectivity index (χ3n) is 7.66. The van der Waals surface area contributed by atoms with E-state index in [9.17, 15) is 32.3 Å². The number of hydrogen-bond donors (Lipinski definition) is 2. The van der Waals surface area contributed by atoms with Gasteiger partial charge in [-0.2, -0.15) is 13.2 Å². The summed E-state index contributed by atoms with van der Waals surface area (Å²) in [6.45, 7) is 1.33. The Morgan fingerprint density at radius 3 is 2.12 bits per heavy atom. The summed E-state index contributed by atoms with van der Waals surface area (Å²) in [5, 5.41) is 5.65. The number of amides is 3. The fourth-order valence-corrected chi connectivity index (χ4v) is 5.05. The predicted octanol–water partition coefficient (Wildman–Crippen LogP) is 5.04. The van der Waals surface area contributed by atoms with Gasteiger partial charge in [0.2, 0.25) is 11.8 Å². The number of likely N-dealkylation sites (N-methyl/N-ethyl adjacent to an activating group) is 1. The Labute approximate surface area is 289 Å². The minimum atomic E-state index is -5.12. The van der Waals surface area contributed by atoms with Crippen LogP contribution in [0.15, 0.2) is 103 Å². The molecule has 0 heterocycles. The highest BCUT2D eigenvalue weighted by molar-refractivity contribution is 6.01. The normalized spacial score (nSPS) is 11.2. The monoisotopic (exact) mass is 688 g/mol. The standard InChI is InChI=1S/C38H39F3N4O5/c1-44(2)22-20-42-36(48)33-14-7-6-13-32(33)30-12-8-11-29(23-30)26-45(35(47)25-43-34(46)24-28-9-4-3-5-10-28)21-19-27-15-17-31(18-16-27)50-37(49)38(39,40)41/h3-18,23H,19-22,24-26H2,1-2H3,(H,42,48)(H,43,46). The highest BCUT2D eigenvalue weighted by Gasteiger charge is 2.41. The summed E-state index contributed by atoms with van der Waals surface area (Å²) in [4.78, 5) is 53.9. The fraction of sp³-hybridized carbons (Fsp3) is 0.263. The molecular weight excluding hydrogens is 649 g/mol. The average molecular weight is 689 g/mol. The van der Waals surface area contributed by atoms with Crippen molar-refractivity contribution in [3.63, 3.8) is 0 Å². The number of esters is 1.